The number of alkyl halides is 3. The highest BCUT2D eigenvalue weighted by Crippen LogP contribution is 2.33. The molecule has 0 aliphatic carbocycles. The summed E-state index contributed by atoms with van der Waals surface area (Å²) in [6.45, 7) is 5.01. The van der Waals surface area contributed by atoms with E-state index in [1.807, 2.05) is 25.8 Å². The summed E-state index contributed by atoms with van der Waals surface area (Å²) < 4.78 is 44.2. The number of benzene rings is 2. The predicted octanol–water partition coefficient (Wildman–Crippen LogP) is 4.12. The van der Waals surface area contributed by atoms with Crippen LogP contribution in [0.25, 0.3) is 16.9 Å². The van der Waals surface area contributed by atoms with Crippen LogP contribution in [0, 0.1) is 13.8 Å². The van der Waals surface area contributed by atoms with Gasteiger partial charge in [0.15, 0.2) is 0 Å². The van der Waals surface area contributed by atoms with Gasteiger partial charge in [-0.25, -0.2) is 4.68 Å². The number of hydrogen-bond acceptors (Lipinski definition) is 6. The van der Waals surface area contributed by atoms with Crippen molar-refractivity contribution < 1.29 is 23.1 Å². The van der Waals surface area contributed by atoms with Crippen molar-refractivity contribution in [3.8, 4) is 16.9 Å². The van der Waals surface area contributed by atoms with Crippen molar-refractivity contribution >= 4 is 11.6 Å². The van der Waals surface area contributed by atoms with Gasteiger partial charge < -0.3 is 10.4 Å². The van der Waals surface area contributed by atoms with E-state index in [0.29, 0.717) is 36.5 Å². The molecule has 2 aromatic carbocycles. The highest BCUT2D eigenvalue weighted by atomic mass is 19.4. The first-order valence-electron chi connectivity index (χ1n) is 12.4. The van der Waals surface area contributed by atoms with Gasteiger partial charge >= 0.3 is 6.18 Å². The number of anilines is 1. The van der Waals surface area contributed by atoms with Gasteiger partial charge in [0.05, 0.1) is 29.7 Å². The second-order valence-electron chi connectivity index (χ2n) is 9.86. The summed E-state index contributed by atoms with van der Waals surface area (Å²) in [5.74, 6) is -0.554. The first-order chi connectivity index (χ1) is 18.5. The number of likely N-dealkylation sites (tertiary alicyclic amines) is 1. The lowest BCUT2D eigenvalue weighted by Crippen LogP contribution is -2.22. The number of hydrogen-bond donors (Lipinski definition) is 2. The zero-order valence-electron chi connectivity index (χ0n) is 21.7. The number of β-amino-alcohol motifs (C(OH)–C–C–N with tert-alkyl or cyclic N) is 1. The number of halogens is 3. The SMILES string of the molecule is Cc1ccc(C(=O)Nc2cc(CN3CCC(O)C3)cc(C(F)(F)F)c2)cc1-n1cc(-c2cnn(C)c2C)nn1. The summed E-state index contributed by atoms with van der Waals surface area (Å²) in [5.41, 5.74) is 3.68. The van der Waals surface area contributed by atoms with E-state index in [1.165, 1.54) is 6.07 Å². The Labute approximate surface area is 222 Å². The average molecular weight is 540 g/mol. The van der Waals surface area contributed by atoms with E-state index in [4.69, 9.17) is 0 Å². The molecule has 1 unspecified atom stereocenters. The largest absolute Gasteiger partial charge is 0.416 e. The lowest BCUT2D eigenvalue weighted by atomic mass is 10.1. The van der Waals surface area contributed by atoms with Gasteiger partial charge in [0.2, 0.25) is 0 Å². The number of nitrogens with zero attached hydrogens (tertiary/aromatic N) is 6. The quantitative estimate of drug-likeness (QED) is 0.382. The van der Waals surface area contributed by atoms with Crippen molar-refractivity contribution in [3.63, 3.8) is 0 Å². The fourth-order valence-electron chi connectivity index (χ4n) is 4.69. The molecule has 9 nitrogen and oxygen atoms in total. The molecule has 1 saturated heterocycles. The molecule has 39 heavy (non-hydrogen) atoms. The topological polar surface area (TPSA) is 101 Å². The van der Waals surface area contributed by atoms with Gasteiger partial charge in [-0.3, -0.25) is 14.4 Å². The highest BCUT2D eigenvalue weighted by molar-refractivity contribution is 6.04. The van der Waals surface area contributed by atoms with Crippen molar-refractivity contribution in [1.82, 2.24) is 29.7 Å². The minimum atomic E-state index is -4.57. The van der Waals surface area contributed by atoms with Crippen molar-refractivity contribution in [2.75, 3.05) is 18.4 Å². The van der Waals surface area contributed by atoms with Crippen LogP contribution in [-0.2, 0) is 19.8 Å². The summed E-state index contributed by atoms with van der Waals surface area (Å²) in [6.07, 6.45) is -1.04. The number of aryl methyl sites for hydroxylation is 2. The molecule has 0 radical (unpaired) electrons. The van der Waals surface area contributed by atoms with Crippen LogP contribution < -0.4 is 5.32 Å². The van der Waals surface area contributed by atoms with Crippen LogP contribution in [0.4, 0.5) is 18.9 Å². The van der Waals surface area contributed by atoms with Crippen LogP contribution in [0.3, 0.4) is 0 Å². The molecule has 1 amide bonds. The van der Waals surface area contributed by atoms with E-state index in [9.17, 15) is 23.1 Å². The number of carbonyl (C=O) groups excluding carboxylic acids is 1. The maximum absolute atomic E-state index is 13.6. The number of aromatic nitrogens is 5. The van der Waals surface area contributed by atoms with Crippen LogP contribution >= 0.6 is 0 Å². The second kappa shape index (κ2) is 10.3. The maximum Gasteiger partial charge on any atom is 0.416 e. The molecule has 1 aliphatic rings. The van der Waals surface area contributed by atoms with Gasteiger partial charge in [-0.2, -0.15) is 18.3 Å². The number of nitrogens with one attached hydrogen (secondary N) is 1. The van der Waals surface area contributed by atoms with Gasteiger partial charge in [-0.15, -0.1) is 5.10 Å². The molecule has 2 aromatic heterocycles. The molecule has 0 saturated carbocycles. The van der Waals surface area contributed by atoms with Crippen LogP contribution in [0.1, 0.15) is 39.2 Å². The number of carbonyl (C=O) groups is 1. The molecule has 3 heterocycles. The number of rotatable bonds is 6. The molecule has 1 atom stereocenters. The van der Waals surface area contributed by atoms with Crippen molar-refractivity contribution in [2.45, 2.75) is 39.1 Å². The minimum Gasteiger partial charge on any atom is -0.392 e. The molecular weight excluding hydrogens is 511 g/mol. The van der Waals surface area contributed by atoms with Crippen LogP contribution in [-0.4, -0.2) is 59.9 Å². The third kappa shape index (κ3) is 5.71. The van der Waals surface area contributed by atoms with E-state index >= 15 is 0 Å². The van der Waals surface area contributed by atoms with E-state index < -0.39 is 23.8 Å². The first kappa shape index (κ1) is 26.6. The lowest BCUT2D eigenvalue weighted by molar-refractivity contribution is -0.137. The van der Waals surface area contributed by atoms with Crippen molar-refractivity contribution in [3.05, 3.63) is 76.7 Å². The molecule has 4 aromatic rings. The standard InChI is InChI=1S/C27H28F3N7O2/c1-16-4-5-19(10-25(16)37-15-24(33-34-37)23-12-31-35(3)17(23)2)26(39)32-21-9-18(8-20(11-21)27(28,29)30)13-36-7-6-22(38)14-36/h4-5,8-12,15,22,38H,6-7,13-14H2,1-3H3,(H,32,39). The summed E-state index contributed by atoms with van der Waals surface area (Å²) in [6, 6.07) is 8.52. The third-order valence-corrected chi connectivity index (χ3v) is 6.95. The Morgan fingerprint density at radius 1 is 1.18 bits per heavy atom. The van der Waals surface area contributed by atoms with E-state index in [0.717, 1.165) is 29.0 Å². The number of aliphatic hydroxyl groups excluding tert-OH is 1. The van der Waals surface area contributed by atoms with E-state index in [1.54, 1.807) is 40.0 Å². The fraction of sp³-hybridized carbons (Fsp3) is 0.333. The molecule has 0 bridgehead atoms. The Kier molecular flexibility index (Phi) is 7.00. The molecule has 12 heteroatoms. The molecular formula is C27H28F3N7O2. The van der Waals surface area contributed by atoms with Crippen LogP contribution in [0.5, 0.6) is 0 Å². The summed E-state index contributed by atoms with van der Waals surface area (Å²) >= 11 is 0. The molecule has 1 fully saturated rings. The third-order valence-electron chi connectivity index (χ3n) is 6.95. The van der Waals surface area contributed by atoms with E-state index in [2.05, 4.69) is 20.7 Å². The van der Waals surface area contributed by atoms with E-state index in [-0.39, 0.29) is 17.8 Å². The van der Waals surface area contributed by atoms with Gasteiger partial charge in [0, 0.05) is 49.2 Å². The first-order valence-corrected chi connectivity index (χ1v) is 12.4. The molecule has 0 spiro atoms. The molecule has 5 rings (SSSR count). The van der Waals surface area contributed by atoms with Gasteiger partial charge in [-0.1, -0.05) is 11.3 Å². The van der Waals surface area contributed by atoms with Gasteiger partial charge in [-0.05, 0) is 61.7 Å². The van der Waals surface area contributed by atoms with Crippen LogP contribution in [0.15, 0.2) is 48.8 Å². The highest BCUT2D eigenvalue weighted by Gasteiger charge is 2.32. The Morgan fingerprint density at radius 2 is 1.97 bits per heavy atom. The predicted molar refractivity (Wildman–Crippen MR) is 138 cm³/mol. The fourth-order valence-corrected chi connectivity index (χ4v) is 4.69. The summed E-state index contributed by atoms with van der Waals surface area (Å²) in [7, 11) is 1.83. The Morgan fingerprint density at radius 3 is 2.64 bits per heavy atom. The van der Waals surface area contributed by atoms with Gasteiger partial charge in [0.1, 0.15) is 5.69 Å². The monoisotopic (exact) mass is 539 g/mol. The minimum absolute atomic E-state index is 0.0433. The summed E-state index contributed by atoms with van der Waals surface area (Å²) in [5, 5.41) is 25.1. The molecule has 1 aliphatic heterocycles. The van der Waals surface area contributed by atoms with Crippen molar-refractivity contribution in [1.29, 1.82) is 0 Å². The number of aliphatic hydroxyl groups is 1. The maximum atomic E-state index is 13.6. The normalized spacial score (nSPS) is 16.1. The Bertz CT molecular complexity index is 1530. The number of amides is 1. The zero-order valence-corrected chi connectivity index (χ0v) is 21.7. The van der Waals surface area contributed by atoms with Crippen LogP contribution in [0.2, 0.25) is 0 Å². The summed E-state index contributed by atoms with van der Waals surface area (Å²) in [4.78, 5) is 15.0. The Balaban J connectivity index is 1.40. The van der Waals surface area contributed by atoms with Gasteiger partial charge in [0.25, 0.3) is 5.91 Å². The molecule has 204 valence electrons. The molecule has 2 N–H and O–H groups in total. The smallest absolute Gasteiger partial charge is 0.392 e. The zero-order chi connectivity index (χ0) is 27.9. The average Bonchev–Trinajstić information content (AvgIpc) is 3.60. The second-order valence-corrected chi connectivity index (χ2v) is 9.86. The van der Waals surface area contributed by atoms with Crippen molar-refractivity contribution in [2.24, 2.45) is 7.05 Å². The Hall–Kier alpha value is -4.03. The lowest BCUT2D eigenvalue weighted by Gasteiger charge is -2.18.